The van der Waals surface area contributed by atoms with E-state index >= 15 is 0 Å². The molecule has 0 aromatic carbocycles. The highest BCUT2D eigenvalue weighted by molar-refractivity contribution is 6.37. The summed E-state index contributed by atoms with van der Waals surface area (Å²) in [6.07, 6.45) is 3.28. The predicted molar refractivity (Wildman–Crippen MR) is 58.7 cm³/mol. The van der Waals surface area contributed by atoms with Crippen molar-refractivity contribution in [1.29, 1.82) is 0 Å². The summed E-state index contributed by atoms with van der Waals surface area (Å²) >= 11 is 5.83. The fraction of sp³-hybridized carbons (Fsp3) is 0. The van der Waals surface area contributed by atoms with Gasteiger partial charge < -0.3 is 0 Å². The predicted octanol–water partition coefficient (Wildman–Crippen LogP) is 0.725. The van der Waals surface area contributed by atoms with Crippen LogP contribution in [0.2, 0.25) is 5.15 Å². The van der Waals surface area contributed by atoms with Crippen LogP contribution < -0.4 is 5.46 Å². The van der Waals surface area contributed by atoms with Crippen LogP contribution in [0.15, 0.2) is 24.7 Å². The Bertz CT molecular complexity index is 664. The minimum Gasteiger partial charge on any atom is -0.282 e. The molecule has 0 aliphatic carbocycles. The smallest absolute Gasteiger partial charge is 0.153 e. The topological polar surface area (TPSA) is 43.1 Å². The third-order valence-electron chi connectivity index (χ3n) is 2.26. The van der Waals surface area contributed by atoms with Crippen molar-refractivity contribution < 1.29 is 0 Å². The normalized spacial score (nSPS) is 11.3. The molecule has 0 aliphatic heterocycles. The lowest BCUT2D eigenvalue weighted by Gasteiger charge is -2.03. The van der Waals surface area contributed by atoms with Gasteiger partial charge in [0.2, 0.25) is 0 Å². The molecule has 0 atom stereocenters. The Morgan fingerprint density at radius 3 is 3.07 bits per heavy atom. The van der Waals surface area contributed by atoms with E-state index in [9.17, 15) is 0 Å². The molecular weight excluding hydrogens is 210 g/mol. The molecule has 15 heavy (non-hydrogen) atoms. The molecule has 3 aromatic heterocycles. The summed E-state index contributed by atoms with van der Waals surface area (Å²) in [7, 11) is 5.82. The molecule has 0 fully saturated rings. The van der Waals surface area contributed by atoms with E-state index in [2.05, 4.69) is 15.2 Å². The average Bonchev–Trinajstić information content (AvgIpc) is 2.69. The number of pyridine rings is 2. The molecule has 3 heterocycles. The van der Waals surface area contributed by atoms with E-state index in [0.29, 0.717) is 16.3 Å². The number of hydrogen-bond donors (Lipinski definition) is 0. The van der Waals surface area contributed by atoms with Crippen LogP contribution >= 0.6 is 11.6 Å². The van der Waals surface area contributed by atoms with Crippen molar-refractivity contribution >= 4 is 41.5 Å². The second-order valence-electron chi connectivity index (χ2n) is 3.19. The zero-order chi connectivity index (χ0) is 10.4. The first-order valence-electron chi connectivity index (χ1n) is 4.29. The van der Waals surface area contributed by atoms with Gasteiger partial charge in [-0.15, -0.1) is 10.2 Å². The van der Waals surface area contributed by atoms with Crippen LogP contribution in [0.3, 0.4) is 0 Å². The van der Waals surface area contributed by atoms with Gasteiger partial charge in [0.05, 0.1) is 5.52 Å². The number of hydrogen-bond acceptors (Lipinski definition) is 3. The number of aromatic nitrogens is 4. The van der Waals surface area contributed by atoms with Crippen molar-refractivity contribution in [3.05, 3.63) is 29.8 Å². The Hall–Kier alpha value is -1.62. The van der Waals surface area contributed by atoms with Crippen molar-refractivity contribution in [1.82, 2.24) is 19.6 Å². The molecule has 0 aliphatic rings. The molecule has 2 radical (unpaired) electrons. The maximum absolute atomic E-state index is 5.83. The van der Waals surface area contributed by atoms with Gasteiger partial charge >= 0.3 is 0 Å². The SMILES string of the molecule is [B]c1cc2cnc(Cl)cc2n2cnnc12. The number of rotatable bonds is 0. The van der Waals surface area contributed by atoms with Gasteiger partial charge in [-0.3, -0.25) is 4.40 Å². The van der Waals surface area contributed by atoms with E-state index in [-0.39, 0.29) is 0 Å². The van der Waals surface area contributed by atoms with Crippen molar-refractivity contribution in [3.8, 4) is 0 Å². The zero-order valence-corrected chi connectivity index (χ0v) is 8.31. The van der Waals surface area contributed by atoms with Crippen molar-refractivity contribution in [2.24, 2.45) is 0 Å². The molecule has 0 saturated carbocycles. The quantitative estimate of drug-likeness (QED) is 0.409. The van der Waals surface area contributed by atoms with E-state index in [0.717, 1.165) is 10.9 Å². The van der Waals surface area contributed by atoms with Crippen molar-refractivity contribution in [3.63, 3.8) is 0 Å². The van der Waals surface area contributed by atoms with Gasteiger partial charge in [0.25, 0.3) is 0 Å². The van der Waals surface area contributed by atoms with Gasteiger partial charge in [0.15, 0.2) is 5.65 Å². The highest BCUT2D eigenvalue weighted by atomic mass is 35.5. The Kier molecular flexibility index (Phi) is 1.70. The minimum atomic E-state index is 0.433. The van der Waals surface area contributed by atoms with E-state index < -0.39 is 0 Å². The summed E-state index contributed by atoms with van der Waals surface area (Å²) in [4.78, 5) is 4.00. The molecule has 0 unspecified atom stereocenters. The average molecular weight is 214 g/mol. The zero-order valence-electron chi connectivity index (χ0n) is 7.55. The minimum absolute atomic E-state index is 0.433. The van der Waals surface area contributed by atoms with Gasteiger partial charge in [-0.05, 0) is 0 Å². The molecule has 0 bridgehead atoms. The first kappa shape index (κ1) is 8.67. The highest BCUT2D eigenvalue weighted by Crippen LogP contribution is 2.16. The van der Waals surface area contributed by atoms with Crippen LogP contribution in [0.1, 0.15) is 0 Å². The third kappa shape index (κ3) is 1.20. The molecule has 0 saturated heterocycles. The molecule has 0 amide bonds. The van der Waals surface area contributed by atoms with Crippen LogP contribution in [0.4, 0.5) is 0 Å². The van der Waals surface area contributed by atoms with Crippen molar-refractivity contribution in [2.75, 3.05) is 0 Å². The fourth-order valence-corrected chi connectivity index (χ4v) is 1.74. The summed E-state index contributed by atoms with van der Waals surface area (Å²) in [5.74, 6) is 0. The fourth-order valence-electron chi connectivity index (χ4n) is 1.59. The molecule has 3 rings (SSSR count). The Labute approximate surface area is 91.3 Å². The molecule has 6 heteroatoms. The molecule has 0 N–H and O–H groups in total. The summed E-state index contributed by atoms with van der Waals surface area (Å²) in [5.41, 5.74) is 2.10. The van der Waals surface area contributed by atoms with Crippen LogP contribution in [-0.4, -0.2) is 27.4 Å². The van der Waals surface area contributed by atoms with E-state index in [1.165, 1.54) is 0 Å². The van der Waals surface area contributed by atoms with E-state index in [4.69, 9.17) is 19.4 Å². The van der Waals surface area contributed by atoms with Gasteiger partial charge in [-0.25, -0.2) is 4.98 Å². The standard InChI is InChI=1S/C9H4BClN4/c10-6-1-5-3-12-8(11)2-7(5)15-4-13-14-9(6)15/h1-4H. The summed E-state index contributed by atoms with van der Waals surface area (Å²) < 4.78 is 1.79. The summed E-state index contributed by atoms with van der Waals surface area (Å²) in [6, 6.07) is 3.56. The first-order valence-corrected chi connectivity index (χ1v) is 4.67. The molecule has 0 spiro atoms. The van der Waals surface area contributed by atoms with Gasteiger partial charge in [0, 0.05) is 17.6 Å². The second kappa shape index (κ2) is 2.94. The van der Waals surface area contributed by atoms with Gasteiger partial charge in [0.1, 0.15) is 19.3 Å². The second-order valence-corrected chi connectivity index (χ2v) is 3.58. The molecule has 4 nitrogen and oxygen atoms in total. The molecule has 70 valence electrons. The summed E-state index contributed by atoms with van der Waals surface area (Å²) in [6.45, 7) is 0. The maximum atomic E-state index is 5.83. The maximum Gasteiger partial charge on any atom is 0.153 e. The Morgan fingerprint density at radius 2 is 2.20 bits per heavy atom. The molecular formula is C9H4BClN4. The van der Waals surface area contributed by atoms with Crippen LogP contribution in [0.5, 0.6) is 0 Å². The van der Waals surface area contributed by atoms with Crippen LogP contribution in [0, 0.1) is 0 Å². The van der Waals surface area contributed by atoms with E-state index in [1.807, 2.05) is 6.07 Å². The Morgan fingerprint density at radius 1 is 1.33 bits per heavy atom. The largest absolute Gasteiger partial charge is 0.282 e. The lowest BCUT2D eigenvalue weighted by Crippen LogP contribution is -2.08. The van der Waals surface area contributed by atoms with Crippen molar-refractivity contribution in [2.45, 2.75) is 0 Å². The lowest BCUT2D eigenvalue weighted by atomic mass is 9.96. The van der Waals surface area contributed by atoms with Crippen LogP contribution in [0.25, 0.3) is 16.6 Å². The van der Waals surface area contributed by atoms with E-state index in [1.54, 1.807) is 23.0 Å². The first-order chi connectivity index (χ1) is 7.25. The number of fused-ring (bicyclic) bond motifs is 3. The van der Waals surface area contributed by atoms with Gasteiger partial charge in [-0.2, -0.15) is 0 Å². The highest BCUT2D eigenvalue weighted by Gasteiger charge is 2.05. The summed E-state index contributed by atoms with van der Waals surface area (Å²) in [5, 5.41) is 9.07. The Balaban J connectivity index is 2.61. The van der Waals surface area contributed by atoms with Crippen LogP contribution in [-0.2, 0) is 0 Å². The monoisotopic (exact) mass is 214 g/mol. The number of nitrogens with zero attached hydrogens (tertiary/aromatic N) is 4. The van der Waals surface area contributed by atoms with Gasteiger partial charge in [-0.1, -0.05) is 23.1 Å². The molecule has 3 aromatic rings. The lowest BCUT2D eigenvalue weighted by molar-refractivity contribution is 1.11. The third-order valence-corrected chi connectivity index (χ3v) is 2.46. The number of halogens is 1.